The Bertz CT molecular complexity index is 1160. The molecule has 2 aromatic carbocycles. The highest BCUT2D eigenvalue weighted by molar-refractivity contribution is 7.90. The summed E-state index contributed by atoms with van der Waals surface area (Å²) in [5, 5.41) is 9.21. The quantitative estimate of drug-likeness (QED) is 0.105. The van der Waals surface area contributed by atoms with Gasteiger partial charge < -0.3 is 19.0 Å². The first-order valence-electron chi connectivity index (χ1n) is 10.4. The number of ether oxygens (including phenoxy) is 3. The molecular formula is C23H25NO10S. The highest BCUT2D eigenvalue weighted by Crippen LogP contribution is 2.29. The van der Waals surface area contributed by atoms with Crippen molar-refractivity contribution in [2.24, 2.45) is 0 Å². The van der Waals surface area contributed by atoms with Crippen molar-refractivity contribution < 1.29 is 42.1 Å². The Balaban J connectivity index is 2.27. The number of carbonyl (C=O) groups is 2. The molecule has 11 nitrogen and oxygen atoms in total. The lowest BCUT2D eigenvalue weighted by molar-refractivity contribution is -0.757. The van der Waals surface area contributed by atoms with Crippen LogP contribution in [0.4, 0.5) is 4.79 Å². The summed E-state index contributed by atoms with van der Waals surface area (Å²) in [5.74, 6) is -0.679. The number of methoxy groups -OCH3 is 1. The van der Waals surface area contributed by atoms with E-state index >= 15 is 0 Å². The molecule has 0 aliphatic rings. The molecule has 35 heavy (non-hydrogen) atoms. The summed E-state index contributed by atoms with van der Waals surface area (Å²) in [6.07, 6.45) is 0.677. The second kappa shape index (κ2) is 13.1. The highest BCUT2D eigenvalue weighted by atomic mass is 32.2. The summed E-state index contributed by atoms with van der Waals surface area (Å²) in [6, 6.07) is 14.4. The van der Waals surface area contributed by atoms with E-state index in [1.165, 1.54) is 31.4 Å². The van der Waals surface area contributed by atoms with Crippen LogP contribution in [0.1, 0.15) is 24.0 Å². The molecule has 0 atom stereocenters. The standard InChI is InChI=1S/C23H25NO10S/c1-31-22(25)21(18-8-4-3-5-9-18)20(17-10-12-19(13-11-17)35(2,29)30)16-33-23(26)32-14-6-7-15-34-24(27)28/h3-5,8-13H,6-7,14-16H2,1-2H3/b21-20+. The van der Waals surface area contributed by atoms with Gasteiger partial charge in [-0.2, -0.15) is 0 Å². The summed E-state index contributed by atoms with van der Waals surface area (Å²) >= 11 is 0. The van der Waals surface area contributed by atoms with Crippen molar-refractivity contribution in [3.8, 4) is 0 Å². The Hall–Kier alpha value is -3.93. The van der Waals surface area contributed by atoms with E-state index in [9.17, 15) is 28.1 Å². The van der Waals surface area contributed by atoms with Crippen LogP contribution in [0.3, 0.4) is 0 Å². The molecule has 0 bridgehead atoms. The second-order valence-electron chi connectivity index (χ2n) is 7.16. The Morgan fingerprint density at radius 1 is 0.914 bits per heavy atom. The smallest absolute Gasteiger partial charge is 0.465 e. The number of benzene rings is 2. The summed E-state index contributed by atoms with van der Waals surface area (Å²) in [4.78, 5) is 39.2. The predicted molar refractivity (Wildman–Crippen MR) is 124 cm³/mol. The van der Waals surface area contributed by atoms with Crippen LogP contribution in [-0.2, 0) is 33.7 Å². The Morgan fingerprint density at radius 2 is 1.54 bits per heavy atom. The van der Waals surface area contributed by atoms with E-state index in [-0.39, 0.29) is 35.9 Å². The average Bonchev–Trinajstić information content (AvgIpc) is 2.83. The van der Waals surface area contributed by atoms with Crippen molar-refractivity contribution in [3.63, 3.8) is 0 Å². The van der Waals surface area contributed by atoms with Crippen LogP contribution in [0.15, 0.2) is 59.5 Å². The van der Waals surface area contributed by atoms with Gasteiger partial charge in [-0.1, -0.05) is 42.5 Å². The number of hydrogen-bond acceptors (Lipinski definition) is 10. The fraction of sp³-hybridized carbons (Fsp3) is 0.304. The topological polar surface area (TPSA) is 148 Å². The maximum absolute atomic E-state index is 12.7. The third kappa shape index (κ3) is 8.74. The first-order valence-corrected chi connectivity index (χ1v) is 12.3. The van der Waals surface area contributed by atoms with Gasteiger partial charge in [0.15, 0.2) is 9.84 Å². The fourth-order valence-corrected chi connectivity index (χ4v) is 3.63. The van der Waals surface area contributed by atoms with Crippen LogP contribution >= 0.6 is 0 Å². The van der Waals surface area contributed by atoms with E-state index in [2.05, 4.69) is 4.84 Å². The number of nitrogens with zero attached hydrogens (tertiary/aromatic N) is 1. The van der Waals surface area contributed by atoms with Gasteiger partial charge in [-0.05, 0) is 36.1 Å². The average molecular weight is 508 g/mol. The number of unbranched alkanes of at least 4 members (excludes halogenated alkanes) is 1. The maximum atomic E-state index is 12.7. The molecule has 0 amide bonds. The van der Waals surface area contributed by atoms with E-state index in [1.807, 2.05) is 0 Å². The molecule has 2 rings (SSSR count). The first kappa shape index (κ1) is 27.3. The summed E-state index contributed by atoms with van der Waals surface area (Å²) in [6.45, 7) is -0.549. The molecular weight excluding hydrogens is 482 g/mol. The van der Waals surface area contributed by atoms with Crippen LogP contribution in [0.5, 0.6) is 0 Å². The Morgan fingerprint density at radius 3 is 2.11 bits per heavy atom. The summed E-state index contributed by atoms with van der Waals surface area (Å²) in [5.41, 5.74) is 1.35. The van der Waals surface area contributed by atoms with Crippen molar-refractivity contribution >= 4 is 33.1 Å². The van der Waals surface area contributed by atoms with Gasteiger partial charge in [-0.25, -0.2) is 18.0 Å². The van der Waals surface area contributed by atoms with Gasteiger partial charge in [0.2, 0.25) is 0 Å². The Kier molecular flexibility index (Phi) is 10.2. The summed E-state index contributed by atoms with van der Waals surface area (Å²) in [7, 11) is -2.23. The molecule has 0 fully saturated rings. The van der Waals surface area contributed by atoms with E-state index < -0.39 is 27.0 Å². The van der Waals surface area contributed by atoms with E-state index in [0.717, 1.165) is 6.26 Å². The maximum Gasteiger partial charge on any atom is 0.508 e. The number of esters is 1. The number of rotatable bonds is 12. The van der Waals surface area contributed by atoms with Crippen molar-refractivity contribution in [2.75, 3.05) is 33.2 Å². The Labute approximate surface area is 202 Å². The van der Waals surface area contributed by atoms with E-state index in [1.54, 1.807) is 30.3 Å². The lowest BCUT2D eigenvalue weighted by Crippen LogP contribution is -2.14. The van der Waals surface area contributed by atoms with Crippen molar-refractivity contribution in [1.29, 1.82) is 0 Å². The largest absolute Gasteiger partial charge is 0.508 e. The normalized spacial score (nSPS) is 11.7. The lowest BCUT2D eigenvalue weighted by Gasteiger charge is -2.16. The molecule has 0 spiro atoms. The number of hydrogen-bond donors (Lipinski definition) is 0. The van der Waals surface area contributed by atoms with Crippen LogP contribution in [0, 0.1) is 10.1 Å². The minimum Gasteiger partial charge on any atom is -0.465 e. The first-order chi connectivity index (χ1) is 16.6. The minimum atomic E-state index is -3.45. The van der Waals surface area contributed by atoms with E-state index in [4.69, 9.17) is 14.2 Å². The zero-order valence-corrected chi connectivity index (χ0v) is 20.0. The highest BCUT2D eigenvalue weighted by Gasteiger charge is 2.22. The van der Waals surface area contributed by atoms with Crippen LogP contribution < -0.4 is 0 Å². The molecule has 0 unspecified atom stereocenters. The van der Waals surface area contributed by atoms with Gasteiger partial charge >= 0.3 is 12.1 Å². The van der Waals surface area contributed by atoms with Gasteiger partial charge in [-0.3, -0.25) is 0 Å². The lowest BCUT2D eigenvalue weighted by atomic mass is 9.95. The molecule has 0 saturated heterocycles. The number of sulfone groups is 1. The van der Waals surface area contributed by atoms with Gasteiger partial charge in [-0.15, -0.1) is 10.1 Å². The van der Waals surface area contributed by atoms with Crippen molar-refractivity contribution in [2.45, 2.75) is 17.7 Å². The van der Waals surface area contributed by atoms with Crippen LogP contribution in [0.25, 0.3) is 11.1 Å². The summed E-state index contributed by atoms with van der Waals surface area (Å²) < 4.78 is 38.8. The molecule has 2 aromatic rings. The predicted octanol–water partition coefficient (Wildman–Crippen LogP) is 3.32. The number of carbonyl (C=O) groups excluding carboxylic acids is 2. The van der Waals surface area contributed by atoms with E-state index in [0.29, 0.717) is 24.0 Å². The third-order valence-electron chi connectivity index (χ3n) is 4.67. The molecule has 188 valence electrons. The molecule has 0 aromatic heterocycles. The fourth-order valence-electron chi connectivity index (χ4n) is 3.00. The van der Waals surface area contributed by atoms with Crippen molar-refractivity contribution in [1.82, 2.24) is 0 Å². The monoisotopic (exact) mass is 507 g/mol. The van der Waals surface area contributed by atoms with Crippen molar-refractivity contribution in [3.05, 3.63) is 75.8 Å². The molecule has 0 aliphatic carbocycles. The molecule has 0 saturated carbocycles. The molecule has 12 heteroatoms. The minimum absolute atomic E-state index is 0.0510. The van der Waals surface area contributed by atoms with Gasteiger partial charge in [0, 0.05) is 11.8 Å². The van der Waals surface area contributed by atoms with Gasteiger partial charge in [0.05, 0.1) is 30.8 Å². The SMILES string of the molecule is COC(=O)/C(=C(\COC(=O)OCCCCO[N+](=O)[O-])c1ccc(S(C)(=O)=O)cc1)c1ccccc1. The molecule has 0 N–H and O–H groups in total. The van der Waals surface area contributed by atoms with Crippen LogP contribution in [-0.4, -0.2) is 58.8 Å². The van der Waals surface area contributed by atoms with Gasteiger partial charge in [0.1, 0.15) is 6.61 Å². The van der Waals surface area contributed by atoms with Gasteiger partial charge in [0.25, 0.3) is 5.09 Å². The third-order valence-corrected chi connectivity index (χ3v) is 5.80. The molecule has 0 aliphatic heterocycles. The zero-order valence-electron chi connectivity index (χ0n) is 19.2. The molecule has 0 heterocycles. The zero-order chi connectivity index (χ0) is 25.8. The van der Waals surface area contributed by atoms with Crippen LogP contribution in [0.2, 0.25) is 0 Å². The second-order valence-corrected chi connectivity index (χ2v) is 9.17. The molecule has 0 radical (unpaired) electrons.